The van der Waals surface area contributed by atoms with E-state index in [1.54, 1.807) is 17.8 Å². The van der Waals surface area contributed by atoms with Crippen LogP contribution in [0, 0.1) is 6.92 Å². The lowest BCUT2D eigenvalue weighted by Gasteiger charge is -2.09. The van der Waals surface area contributed by atoms with Crippen LogP contribution in [0.15, 0.2) is 35.7 Å². The number of rotatable bonds is 6. The second-order valence-corrected chi connectivity index (χ2v) is 7.99. The van der Waals surface area contributed by atoms with Gasteiger partial charge >= 0.3 is 6.18 Å². The van der Waals surface area contributed by atoms with E-state index in [1.807, 2.05) is 23.1 Å². The van der Waals surface area contributed by atoms with Crippen molar-refractivity contribution in [1.29, 1.82) is 0 Å². The summed E-state index contributed by atoms with van der Waals surface area (Å²) in [6.07, 6.45) is -2.37. The first-order valence-electron chi connectivity index (χ1n) is 8.34. The van der Waals surface area contributed by atoms with Gasteiger partial charge in [0.25, 0.3) is 5.91 Å². The highest BCUT2D eigenvalue weighted by Gasteiger charge is 2.30. The molecule has 9 heteroatoms. The fourth-order valence-corrected chi connectivity index (χ4v) is 4.09. The number of benzene rings is 1. The van der Waals surface area contributed by atoms with Gasteiger partial charge < -0.3 is 10.3 Å². The standard InChI is InChI=1S/C19H18F3N3OS2/c1-11-14(17(23)26)9-16(25(11)7-8-27-2)15-10-28-18(24-15)12-3-5-13(6-4-12)19(20,21)22/h3-6,9-10H,7-8H2,1-2H3,(H2,23,26). The van der Waals surface area contributed by atoms with Crippen LogP contribution in [0.5, 0.6) is 0 Å². The number of primary amides is 1. The molecule has 0 aliphatic heterocycles. The second-order valence-electron chi connectivity index (χ2n) is 6.15. The van der Waals surface area contributed by atoms with Gasteiger partial charge in [-0.25, -0.2) is 4.98 Å². The molecule has 0 radical (unpaired) electrons. The fraction of sp³-hybridized carbons (Fsp3) is 0.263. The SMILES string of the molecule is CSCCn1c(-c2csc(-c3ccc(C(F)(F)F)cc3)n2)cc(C(N)=O)c1C. The first-order valence-corrected chi connectivity index (χ1v) is 10.6. The molecule has 2 N–H and O–H groups in total. The molecule has 0 unspecified atom stereocenters. The third-order valence-corrected chi connectivity index (χ3v) is 5.86. The van der Waals surface area contributed by atoms with Crippen LogP contribution in [0.3, 0.4) is 0 Å². The van der Waals surface area contributed by atoms with Crippen molar-refractivity contribution in [2.45, 2.75) is 19.6 Å². The lowest BCUT2D eigenvalue weighted by Crippen LogP contribution is -2.13. The molecular formula is C19H18F3N3OS2. The minimum Gasteiger partial charge on any atom is -0.366 e. The number of hydrogen-bond donors (Lipinski definition) is 1. The van der Waals surface area contributed by atoms with Crippen molar-refractivity contribution < 1.29 is 18.0 Å². The van der Waals surface area contributed by atoms with Crippen molar-refractivity contribution in [3.05, 3.63) is 52.5 Å². The molecular weight excluding hydrogens is 407 g/mol. The van der Waals surface area contributed by atoms with Gasteiger partial charge in [0.15, 0.2) is 0 Å². The number of halogens is 3. The van der Waals surface area contributed by atoms with Crippen molar-refractivity contribution in [3.8, 4) is 22.0 Å². The van der Waals surface area contributed by atoms with Crippen LogP contribution in [-0.2, 0) is 12.7 Å². The zero-order valence-electron chi connectivity index (χ0n) is 15.2. The molecule has 0 aliphatic carbocycles. The van der Waals surface area contributed by atoms with Crippen molar-refractivity contribution >= 4 is 29.0 Å². The summed E-state index contributed by atoms with van der Waals surface area (Å²) in [6.45, 7) is 2.54. The Morgan fingerprint density at radius 1 is 1.29 bits per heavy atom. The lowest BCUT2D eigenvalue weighted by molar-refractivity contribution is -0.137. The maximum Gasteiger partial charge on any atom is 0.416 e. The normalized spacial score (nSPS) is 11.8. The Morgan fingerprint density at radius 3 is 2.54 bits per heavy atom. The van der Waals surface area contributed by atoms with Crippen molar-refractivity contribution in [2.24, 2.45) is 5.73 Å². The molecule has 0 atom stereocenters. The topological polar surface area (TPSA) is 60.9 Å². The molecule has 2 aromatic heterocycles. The van der Waals surface area contributed by atoms with Gasteiger partial charge in [-0.1, -0.05) is 12.1 Å². The summed E-state index contributed by atoms with van der Waals surface area (Å²) >= 11 is 3.03. The quantitative estimate of drug-likeness (QED) is 0.600. The Kier molecular flexibility index (Phi) is 5.85. The van der Waals surface area contributed by atoms with Gasteiger partial charge in [-0.15, -0.1) is 11.3 Å². The molecule has 3 rings (SSSR count). The molecule has 0 aliphatic rings. The van der Waals surface area contributed by atoms with Crippen LogP contribution in [0.25, 0.3) is 22.0 Å². The molecule has 0 saturated carbocycles. The van der Waals surface area contributed by atoms with Crippen LogP contribution < -0.4 is 5.73 Å². The number of carbonyl (C=O) groups is 1. The molecule has 0 fully saturated rings. The fourth-order valence-electron chi connectivity index (χ4n) is 2.90. The van der Waals surface area contributed by atoms with E-state index in [4.69, 9.17) is 5.73 Å². The summed E-state index contributed by atoms with van der Waals surface area (Å²) < 4.78 is 40.2. The number of nitrogens with two attached hydrogens (primary N) is 1. The number of alkyl halides is 3. The Bertz CT molecular complexity index is 991. The average molecular weight is 426 g/mol. The minimum atomic E-state index is -4.37. The smallest absolute Gasteiger partial charge is 0.366 e. The Morgan fingerprint density at radius 2 is 1.96 bits per heavy atom. The largest absolute Gasteiger partial charge is 0.416 e. The number of amides is 1. The first kappa shape index (κ1) is 20.5. The number of hydrogen-bond acceptors (Lipinski definition) is 4. The van der Waals surface area contributed by atoms with Crippen LogP contribution in [0.2, 0.25) is 0 Å². The summed E-state index contributed by atoms with van der Waals surface area (Å²) in [5.41, 5.74) is 8.06. The average Bonchev–Trinajstić information content (AvgIpc) is 3.24. The summed E-state index contributed by atoms with van der Waals surface area (Å²) in [7, 11) is 0. The zero-order chi connectivity index (χ0) is 20.5. The molecule has 0 spiro atoms. The summed E-state index contributed by atoms with van der Waals surface area (Å²) in [5, 5.41) is 2.45. The summed E-state index contributed by atoms with van der Waals surface area (Å²) in [6, 6.07) is 6.65. The molecule has 2 heterocycles. The molecule has 1 aromatic carbocycles. The first-order chi connectivity index (χ1) is 13.2. The highest BCUT2D eigenvalue weighted by Crippen LogP contribution is 2.34. The van der Waals surface area contributed by atoms with Crippen molar-refractivity contribution in [2.75, 3.05) is 12.0 Å². The number of thioether (sulfide) groups is 1. The van der Waals surface area contributed by atoms with Gasteiger partial charge in [-0.2, -0.15) is 24.9 Å². The Hall–Kier alpha value is -2.26. The van der Waals surface area contributed by atoms with Crippen molar-refractivity contribution in [3.63, 3.8) is 0 Å². The van der Waals surface area contributed by atoms with Crippen molar-refractivity contribution in [1.82, 2.24) is 9.55 Å². The number of thiazole rings is 1. The van der Waals surface area contributed by atoms with E-state index in [0.29, 0.717) is 28.4 Å². The van der Waals surface area contributed by atoms with Crippen LogP contribution in [0.4, 0.5) is 13.2 Å². The van der Waals surface area contributed by atoms with Gasteiger partial charge in [0.2, 0.25) is 0 Å². The van der Waals surface area contributed by atoms with E-state index in [-0.39, 0.29) is 0 Å². The summed E-state index contributed by atoms with van der Waals surface area (Å²) in [4.78, 5) is 16.3. The van der Waals surface area contributed by atoms with Gasteiger partial charge in [0, 0.05) is 28.9 Å². The second kappa shape index (κ2) is 8.00. The third-order valence-electron chi connectivity index (χ3n) is 4.38. The van der Waals surface area contributed by atoms with Gasteiger partial charge in [-0.05, 0) is 31.4 Å². The highest BCUT2D eigenvalue weighted by molar-refractivity contribution is 7.98. The van der Waals surface area contributed by atoms with Crippen LogP contribution >= 0.6 is 23.1 Å². The predicted octanol–water partition coefficient (Wildman–Crippen LogP) is 5.07. The summed E-state index contributed by atoms with van der Waals surface area (Å²) in [5.74, 6) is 0.358. The maximum absolute atomic E-state index is 12.7. The Balaban J connectivity index is 1.97. The van der Waals surface area contributed by atoms with Crippen LogP contribution in [0.1, 0.15) is 21.6 Å². The molecule has 148 valence electrons. The van der Waals surface area contributed by atoms with E-state index >= 15 is 0 Å². The predicted molar refractivity (Wildman–Crippen MR) is 108 cm³/mol. The van der Waals surface area contributed by atoms with E-state index in [2.05, 4.69) is 4.98 Å². The number of carbonyl (C=O) groups excluding carboxylic acids is 1. The molecule has 4 nitrogen and oxygen atoms in total. The monoisotopic (exact) mass is 425 g/mol. The van der Waals surface area contributed by atoms with Crippen LogP contribution in [-0.4, -0.2) is 27.5 Å². The molecule has 0 bridgehead atoms. The van der Waals surface area contributed by atoms with E-state index in [0.717, 1.165) is 29.3 Å². The number of aromatic nitrogens is 2. The minimum absolute atomic E-state index is 0.445. The maximum atomic E-state index is 12.7. The van der Waals surface area contributed by atoms with Gasteiger partial charge in [0.1, 0.15) is 5.01 Å². The third kappa shape index (κ3) is 4.10. The molecule has 0 saturated heterocycles. The zero-order valence-corrected chi connectivity index (χ0v) is 16.8. The highest BCUT2D eigenvalue weighted by atomic mass is 32.2. The Labute approximate surface area is 168 Å². The van der Waals surface area contributed by atoms with E-state index in [1.165, 1.54) is 23.5 Å². The van der Waals surface area contributed by atoms with Gasteiger partial charge in [0.05, 0.1) is 22.5 Å². The lowest BCUT2D eigenvalue weighted by atomic mass is 10.1. The molecule has 1 amide bonds. The molecule has 3 aromatic rings. The molecule has 28 heavy (non-hydrogen) atoms. The van der Waals surface area contributed by atoms with E-state index in [9.17, 15) is 18.0 Å². The number of nitrogens with zero attached hydrogens (tertiary/aromatic N) is 2. The van der Waals surface area contributed by atoms with E-state index < -0.39 is 17.6 Å². The van der Waals surface area contributed by atoms with Gasteiger partial charge in [-0.3, -0.25) is 4.79 Å².